The van der Waals surface area contributed by atoms with Gasteiger partial charge in [-0.15, -0.1) is 0 Å². The van der Waals surface area contributed by atoms with Crippen LogP contribution in [-0.2, 0) is 0 Å². The van der Waals surface area contributed by atoms with Crippen molar-refractivity contribution in [1.82, 2.24) is 0 Å². The first-order chi connectivity index (χ1) is 13.1. The fraction of sp³-hybridized carbons (Fsp3) is 0.111. The van der Waals surface area contributed by atoms with E-state index in [1.54, 1.807) is 0 Å². The Balaban J connectivity index is 0.000000156. The number of rotatable bonds is 2. The van der Waals surface area contributed by atoms with Crippen molar-refractivity contribution in [3.8, 4) is 22.3 Å². The zero-order valence-electron chi connectivity index (χ0n) is 16.3. The first-order valence-electron chi connectivity index (χ1n) is 9.39. The minimum Gasteiger partial charge on any atom is -0.0622 e. The maximum Gasteiger partial charge on any atom is -0.0155 e. The molecule has 0 heterocycles. The summed E-state index contributed by atoms with van der Waals surface area (Å²) in [5.74, 6) is 0. The minimum atomic E-state index is 1.29. The zero-order valence-corrected chi connectivity index (χ0v) is 16.3. The van der Waals surface area contributed by atoms with Crippen LogP contribution in [0.1, 0.15) is 16.7 Å². The average molecular weight is 351 g/mol. The third kappa shape index (κ3) is 4.95. The Hall–Kier alpha value is -3.12. The predicted molar refractivity (Wildman–Crippen MR) is 118 cm³/mol. The third-order valence-electron chi connectivity index (χ3n) is 4.70. The number of hydrogen-bond acceptors (Lipinski definition) is 0. The molecular weight excluding hydrogens is 324 g/mol. The highest BCUT2D eigenvalue weighted by atomic mass is 14.0. The summed E-state index contributed by atoms with van der Waals surface area (Å²) in [5.41, 5.74) is 9.23. The van der Waals surface area contributed by atoms with E-state index in [1.807, 2.05) is 12.1 Å². The van der Waals surface area contributed by atoms with E-state index in [2.05, 4.69) is 112 Å². The maximum atomic E-state index is 2.22. The van der Waals surface area contributed by atoms with Crippen LogP contribution in [0.4, 0.5) is 0 Å². The Morgan fingerprint density at radius 3 is 1.41 bits per heavy atom. The molecule has 0 bridgehead atoms. The van der Waals surface area contributed by atoms with Crippen molar-refractivity contribution >= 4 is 0 Å². The third-order valence-corrected chi connectivity index (χ3v) is 4.70. The molecule has 134 valence electrons. The lowest BCUT2D eigenvalue weighted by Gasteiger charge is -2.06. The van der Waals surface area contributed by atoms with Gasteiger partial charge in [0.05, 0.1) is 0 Å². The second kappa shape index (κ2) is 9.00. The topological polar surface area (TPSA) is 0 Å². The highest BCUT2D eigenvalue weighted by molar-refractivity contribution is 5.67. The predicted octanol–water partition coefficient (Wildman–Crippen LogP) is 7.63. The average Bonchev–Trinajstić information content (AvgIpc) is 2.70. The first-order valence-corrected chi connectivity index (χ1v) is 9.39. The second-order valence-corrected chi connectivity index (χ2v) is 6.87. The van der Waals surface area contributed by atoms with E-state index in [-0.39, 0.29) is 0 Å². The van der Waals surface area contributed by atoms with Crippen LogP contribution in [0, 0.1) is 20.8 Å². The van der Waals surface area contributed by atoms with Crippen molar-refractivity contribution in [1.29, 1.82) is 0 Å². The molecule has 4 rings (SSSR count). The molecule has 4 aromatic rings. The van der Waals surface area contributed by atoms with Crippen molar-refractivity contribution < 1.29 is 0 Å². The molecule has 0 fully saturated rings. The molecule has 0 nitrogen and oxygen atoms in total. The van der Waals surface area contributed by atoms with E-state index in [9.17, 15) is 0 Å². The van der Waals surface area contributed by atoms with Gasteiger partial charge in [0.15, 0.2) is 0 Å². The van der Waals surface area contributed by atoms with Crippen LogP contribution in [0.2, 0.25) is 0 Å². The van der Waals surface area contributed by atoms with Crippen LogP contribution >= 0.6 is 0 Å². The SMILES string of the molecule is Cc1ccc(-c2ccccc2)c(C)c1.Cc1ccccc1-c1ccccc1. The molecule has 0 amide bonds. The van der Waals surface area contributed by atoms with Crippen molar-refractivity contribution in [3.05, 3.63) is 120 Å². The minimum absolute atomic E-state index is 1.29. The highest BCUT2D eigenvalue weighted by Crippen LogP contribution is 2.23. The van der Waals surface area contributed by atoms with E-state index in [0.29, 0.717) is 0 Å². The fourth-order valence-corrected chi connectivity index (χ4v) is 3.27. The van der Waals surface area contributed by atoms with Crippen LogP contribution in [-0.4, -0.2) is 0 Å². The van der Waals surface area contributed by atoms with Crippen molar-refractivity contribution in [2.75, 3.05) is 0 Å². The lowest BCUT2D eigenvalue weighted by molar-refractivity contribution is 1.38. The fourth-order valence-electron chi connectivity index (χ4n) is 3.27. The highest BCUT2D eigenvalue weighted by Gasteiger charge is 2.00. The monoisotopic (exact) mass is 350 g/mol. The summed E-state index contributed by atoms with van der Waals surface area (Å²) in [5, 5.41) is 0. The molecule has 0 aliphatic carbocycles. The molecule has 0 heteroatoms. The quantitative estimate of drug-likeness (QED) is 0.348. The lowest BCUT2D eigenvalue weighted by atomic mass is 9.99. The molecule has 0 aliphatic rings. The molecule has 0 radical (unpaired) electrons. The van der Waals surface area contributed by atoms with Crippen molar-refractivity contribution in [2.45, 2.75) is 20.8 Å². The van der Waals surface area contributed by atoms with Gasteiger partial charge in [-0.1, -0.05) is 109 Å². The molecule has 0 unspecified atom stereocenters. The van der Waals surface area contributed by atoms with Crippen molar-refractivity contribution in [3.63, 3.8) is 0 Å². The molecule has 0 spiro atoms. The van der Waals surface area contributed by atoms with E-state index in [1.165, 1.54) is 38.9 Å². The second-order valence-electron chi connectivity index (χ2n) is 6.87. The molecule has 4 aromatic carbocycles. The number of hydrogen-bond donors (Lipinski definition) is 0. The standard InChI is InChI=1S/C14H14.C13H12/c1-11-8-9-14(12(2)10-11)13-6-4-3-5-7-13;1-11-7-5-6-10-13(11)12-8-3-2-4-9-12/h3-10H,1-2H3;2-10H,1H3. The van der Waals surface area contributed by atoms with Gasteiger partial charge < -0.3 is 0 Å². The summed E-state index contributed by atoms with van der Waals surface area (Å²) in [4.78, 5) is 0. The molecule has 27 heavy (non-hydrogen) atoms. The molecule has 0 atom stereocenters. The van der Waals surface area contributed by atoms with Gasteiger partial charge in [-0.2, -0.15) is 0 Å². The summed E-state index contributed by atoms with van der Waals surface area (Å²) >= 11 is 0. The summed E-state index contributed by atoms with van der Waals surface area (Å²) in [7, 11) is 0. The molecule has 0 aromatic heterocycles. The Morgan fingerprint density at radius 1 is 0.407 bits per heavy atom. The van der Waals surface area contributed by atoms with Gasteiger partial charge in [-0.05, 0) is 54.2 Å². The van der Waals surface area contributed by atoms with E-state index in [0.717, 1.165) is 0 Å². The van der Waals surface area contributed by atoms with Gasteiger partial charge in [-0.25, -0.2) is 0 Å². The van der Waals surface area contributed by atoms with E-state index in [4.69, 9.17) is 0 Å². The van der Waals surface area contributed by atoms with Gasteiger partial charge in [-0.3, -0.25) is 0 Å². The summed E-state index contributed by atoms with van der Waals surface area (Å²) in [6.45, 7) is 6.43. The lowest BCUT2D eigenvalue weighted by Crippen LogP contribution is -1.83. The van der Waals surface area contributed by atoms with Crippen LogP contribution in [0.5, 0.6) is 0 Å². The molecule has 0 aliphatic heterocycles. The van der Waals surface area contributed by atoms with Gasteiger partial charge in [0.2, 0.25) is 0 Å². The van der Waals surface area contributed by atoms with Crippen LogP contribution in [0.15, 0.2) is 103 Å². The zero-order chi connectivity index (χ0) is 19.1. The Kier molecular flexibility index (Phi) is 6.22. The number of aryl methyl sites for hydroxylation is 3. The maximum absolute atomic E-state index is 2.22. The van der Waals surface area contributed by atoms with Gasteiger partial charge in [0.25, 0.3) is 0 Å². The molecule has 0 N–H and O–H groups in total. The van der Waals surface area contributed by atoms with Crippen LogP contribution in [0.25, 0.3) is 22.3 Å². The Morgan fingerprint density at radius 2 is 0.889 bits per heavy atom. The number of benzene rings is 4. The molecular formula is C27H26. The van der Waals surface area contributed by atoms with Crippen molar-refractivity contribution in [2.24, 2.45) is 0 Å². The van der Waals surface area contributed by atoms with Crippen LogP contribution in [0.3, 0.4) is 0 Å². The van der Waals surface area contributed by atoms with Gasteiger partial charge >= 0.3 is 0 Å². The molecule has 0 saturated heterocycles. The smallest absolute Gasteiger partial charge is 0.0155 e. The summed E-state index contributed by atoms with van der Waals surface area (Å²) in [6, 6.07) is 36.0. The Bertz CT molecular complexity index is 983. The molecule has 0 saturated carbocycles. The first kappa shape index (κ1) is 18.7. The Labute approximate surface area is 163 Å². The van der Waals surface area contributed by atoms with Gasteiger partial charge in [0.1, 0.15) is 0 Å². The largest absolute Gasteiger partial charge is 0.0622 e. The summed E-state index contributed by atoms with van der Waals surface area (Å²) < 4.78 is 0. The normalized spacial score (nSPS) is 10.0. The van der Waals surface area contributed by atoms with Crippen LogP contribution < -0.4 is 0 Å². The van der Waals surface area contributed by atoms with Gasteiger partial charge in [0, 0.05) is 0 Å². The van der Waals surface area contributed by atoms with E-state index < -0.39 is 0 Å². The summed E-state index contributed by atoms with van der Waals surface area (Å²) in [6.07, 6.45) is 0. The van der Waals surface area contributed by atoms with E-state index >= 15 is 0 Å².